The van der Waals surface area contributed by atoms with E-state index < -0.39 is 0 Å². The lowest BCUT2D eigenvalue weighted by atomic mass is 10.00. The molecule has 0 aliphatic carbocycles. The Morgan fingerprint density at radius 1 is 1.53 bits per heavy atom. The van der Waals surface area contributed by atoms with Crippen molar-refractivity contribution in [2.24, 2.45) is 5.84 Å². The second-order valence-electron chi connectivity index (χ2n) is 4.24. The summed E-state index contributed by atoms with van der Waals surface area (Å²) in [5, 5.41) is 9.09. The molecule has 4 N–H and O–H groups in total. The highest BCUT2D eigenvalue weighted by atomic mass is 16.3. The van der Waals surface area contributed by atoms with Crippen LogP contribution in [-0.4, -0.2) is 34.3 Å². The van der Waals surface area contributed by atoms with Gasteiger partial charge >= 0.3 is 0 Å². The van der Waals surface area contributed by atoms with Crippen molar-refractivity contribution in [3.8, 4) is 0 Å². The number of nitrogen functional groups attached to an aromatic ring is 1. The van der Waals surface area contributed by atoms with Gasteiger partial charge in [0.05, 0.1) is 0 Å². The summed E-state index contributed by atoms with van der Waals surface area (Å²) in [5.74, 6) is 6.62. The summed E-state index contributed by atoms with van der Waals surface area (Å²) in [6.07, 6.45) is 5.97. The van der Waals surface area contributed by atoms with E-state index in [-0.39, 0.29) is 6.61 Å². The Bertz CT molecular complexity index is 357. The molecule has 1 saturated heterocycles. The lowest BCUT2D eigenvalue weighted by molar-refractivity contribution is 0.262. The minimum Gasteiger partial charge on any atom is -0.396 e. The van der Waals surface area contributed by atoms with Crippen LogP contribution < -0.4 is 16.2 Å². The number of piperidine rings is 1. The molecule has 2 rings (SSSR count). The second kappa shape index (κ2) is 5.79. The molecule has 1 aliphatic heterocycles. The first-order valence-corrected chi connectivity index (χ1v) is 6.02. The van der Waals surface area contributed by atoms with Crippen LogP contribution in [0.3, 0.4) is 0 Å². The molecule has 0 spiro atoms. The first kappa shape index (κ1) is 12.1. The third kappa shape index (κ3) is 2.83. The van der Waals surface area contributed by atoms with E-state index in [9.17, 15) is 0 Å². The lowest BCUT2D eigenvalue weighted by Crippen LogP contribution is -2.40. The third-order valence-corrected chi connectivity index (χ3v) is 3.15. The molecule has 17 heavy (non-hydrogen) atoms. The molecule has 0 saturated carbocycles. The SMILES string of the molecule is NNc1nccc(N2CCCCC2CCO)n1. The largest absolute Gasteiger partial charge is 0.396 e. The first-order chi connectivity index (χ1) is 8.35. The van der Waals surface area contributed by atoms with E-state index in [2.05, 4.69) is 20.3 Å². The van der Waals surface area contributed by atoms with Crippen LogP contribution in [0.1, 0.15) is 25.7 Å². The quantitative estimate of drug-likeness (QED) is 0.522. The van der Waals surface area contributed by atoms with E-state index in [4.69, 9.17) is 10.9 Å². The van der Waals surface area contributed by atoms with Gasteiger partial charge in [-0.2, -0.15) is 4.98 Å². The summed E-state index contributed by atoms with van der Waals surface area (Å²) in [5.41, 5.74) is 2.46. The number of nitrogens with two attached hydrogens (primary N) is 1. The Balaban J connectivity index is 2.16. The van der Waals surface area contributed by atoms with E-state index in [0.29, 0.717) is 12.0 Å². The van der Waals surface area contributed by atoms with Crippen LogP contribution >= 0.6 is 0 Å². The van der Waals surface area contributed by atoms with E-state index in [1.807, 2.05) is 6.07 Å². The van der Waals surface area contributed by atoms with Gasteiger partial charge < -0.3 is 10.0 Å². The Morgan fingerprint density at radius 3 is 3.18 bits per heavy atom. The first-order valence-electron chi connectivity index (χ1n) is 6.02. The molecule has 6 nitrogen and oxygen atoms in total. The Morgan fingerprint density at radius 2 is 2.41 bits per heavy atom. The molecular formula is C11H19N5O. The molecule has 0 amide bonds. The predicted molar refractivity (Wildman–Crippen MR) is 66.5 cm³/mol. The summed E-state index contributed by atoms with van der Waals surface area (Å²) < 4.78 is 0. The fourth-order valence-corrected chi connectivity index (χ4v) is 2.33. The number of hydrogen-bond donors (Lipinski definition) is 3. The second-order valence-corrected chi connectivity index (χ2v) is 4.24. The van der Waals surface area contributed by atoms with Crippen molar-refractivity contribution in [3.05, 3.63) is 12.3 Å². The zero-order valence-electron chi connectivity index (χ0n) is 9.84. The molecule has 1 unspecified atom stereocenters. The van der Waals surface area contributed by atoms with Crippen molar-refractivity contribution >= 4 is 11.8 Å². The number of hydrogen-bond acceptors (Lipinski definition) is 6. The van der Waals surface area contributed by atoms with Crippen LogP contribution in [-0.2, 0) is 0 Å². The van der Waals surface area contributed by atoms with Gasteiger partial charge in [0.25, 0.3) is 0 Å². The monoisotopic (exact) mass is 237 g/mol. The van der Waals surface area contributed by atoms with Gasteiger partial charge in [-0.15, -0.1) is 0 Å². The number of hydrazine groups is 1. The summed E-state index contributed by atoms with van der Waals surface area (Å²) in [6.45, 7) is 1.19. The van der Waals surface area contributed by atoms with Crippen molar-refractivity contribution in [1.29, 1.82) is 0 Å². The highest BCUT2D eigenvalue weighted by molar-refractivity contribution is 5.43. The van der Waals surface area contributed by atoms with E-state index in [0.717, 1.165) is 31.6 Å². The van der Waals surface area contributed by atoms with E-state index in [1.54, 1.807) is 6.20 Å². The van der Waals surface area contributed by atoms with Crippen LogP contribution in [0.5, 0.6) is 0 Å². The molecule has 1 aliphatic rings. The normalized spacial score (nSPS) is 20.4. The van der Waals surface area contributed by atoms with Gasteiger partial charge in [-0.05, 0) is 31.7 Å². The number of nitrogens with zero attached hydrogens (tertiary/aromatic N) is 3. The molecule has 1 atom stereocenters. The van der Waals surface area contributed by atoms with Crippen LogP contribution in [0.2, 0.25) is 0 Å². The summed E-state index contributed by atoms with van der Waals surface area (Å²) in [7, 11) is 0. The van der Waals surface area contributed by atoms with Crippen LogP contribution in [0.4, 0.5) is 11.8 Å². The van der Waals surface area contributed by atoms with Gasteiger partial charge in [0.1, 0.15) is 5.82 Å². The van der Waals surface area contributed by atoms with Gasteiger partial charge in [0.2, 0.25) is 5.95 Å². The maximum Gasteiger partial charge on any atom is 0.239 e. The van der Waals surface area contributed by atoms with Crippen molar-refractivity contribution in [1.82, 2.24) is 9.97 Å². The van der Waals surface area contributed by atoms with E-state index >= 15 is 0 Å². The standard InChI is InChI=1S/C11H19N5O/c12-15-11-13-6-4-10(14-11)16-7-2-1-3-9(16)5-8-17/h4,6,9,17H,1-3,5,7-8,12H2,(H,13,14,15). The molecule has 0 radical (unpaired) electrons. The topological polar surface area (TPSA) is 87.3 Å². The van der Waals surface area contributed by atoms with Crippen molar-refractivity contribution in [2.45, 2.75) is 31.7 Å². The lowest BCUT2D eigenvalue weighted by Gasteiger charge is -2.36. The minimum atomic E-state index is 0.217. The third-order valence-electron chi connectivity index (χ3n) is 3.15. The summed E-state index contributed by atoms with van der Waals surface area (Å²) in [4.78, 5) is 10.6. The number of rotatable bonds is 4. The molecule has 0 aromatic carbocycles. The Labute approximate surface area is 101 Å². The van der Waals surface area contributed by atoms with Crippen molar-refractivity contribution in [3.63, 3.8) is 0 Å². The van der Waals surface area contributed by atoms with Gasteiger partial charge in [-0.1, -0.05) is 0 Å². The number of nitrogens with one attached hydrogen (secondary N) is 1. The summed E-state index contributed by atoms with van der Waals surface area (Å²) in [6, 6.07) is 2.26. The maximum absolute atomic E-state index is 9.09. The average Bonchev–Trinajstić information content (AvgIpc) is 2.40. The Hall–Kier alpha value is -1.40. The van der Waals surface area contributed by atoms with E-state index in [1.165, 1.54) is 6.42 Å². The fourth-order valence-electron chi connectivity index (χ4n) is 2.33. The van der Waals surface area contributed by atoms with Crippen LogP contribution in [0.25, 0.3) is 0 Å². The molecule has 0 bridgehead atoms. The molecule has 1 aromatic rings. The van der Waals surface area contributed by atoms with Crippen molar-refractivity contribution in [2.75, 3.05) is 23.5 Å². The molecular weight excluding hydrogens is 218 g/mol. The Kier molecular flexibility index (Phi) is 4.11. The van der Waals surface area contributed by atoms with Gasteiger partial charge in [-0.3, -0.25) is 5.43 Å². The van der Waals surface area contributed by atoms with Crippen LogP contribution in [0.15, 0.2) is 12.3 Å². The minimum absolute atomic E-state index is 0.217. The zero-order valence-corrected chi connectivity index (χ0v) is 9.84. The van der Waals surface area contributed by atoms with Gasteiger partial charge in [-0.25, -0.2) is 10.8 Å². The highest BCUT2D eigenvalue weighted by Gasteiger charge is 2.23. The maximum atomic E-state index is 9.09. The number of aliphatic hydroxyl groups excluding tert-OH is 1. The smallest absolute Gasteiger partial charge is 0.239 e. The van der Waals surface area contributed by atoms with Crippen LogP contribution in [0, 0.1) is 0 Å². The van der Waals surface area contributed by atoms with Gasteiger partial charge in [0.15, 0.2) is 0 Å². The zero-order chi connectivity index (χ0) is 12.1. The average molecular weight is 237 g/mol. The predicted octanol–water partition coefficient (Wildman–Crippen LogP) is 0.503. The number of anilines is 2. The highest BCUT2D eigenvalue weighted by Crippen LogP contribution is 2.25. The molecule has 1 aromatic heterocycles. The van der Waals surface area contributed by atoms with Gasteiger partial charge in [0, 0.05) is 25.4 Å². The summed E-state index contributed by atoms with van der Waals surface area (Å²) >= 11 is 0. The molecule has 2 heterocycles. The number of aromatic nitrogens is 2. The van der Waals surface area contributed by atoms with Crippen molar-refractivity contribution < 1.29 is 5.11 Å². The molecule has 1 fully saturated rings. The molecule has 6 heteroatoms. The number of aliphatic hydroxyl groups is 1. The fraction of sp³-hybridized carbons (Fsp3) is 0.636. The molecule has 94 valence electrons.